The number of aromatic nitrogens is 1. The van der Waals surface area contributed by atoms with E-state index in [-0.39, 0.29) is 23.3 Å². The minimum atomic E-state index is -0.604. The van der Waals surface area contributed by atoms with E-state index in [0.717, 1.165) is 0 Å². The maximum Gasteiger partial charge on any atom is 0.257 e. The van der Waals surface area contributed by atoms with Gasteiger partial charge in [0.2, 0.25) is 0 Å². The number of hydrogen-bond donors (Lipinski definition) is 1. The van der Waals surface area contributed by atoms with Crippen molar-refractivity contribution in [3.63, 3.8) is 0 Å². The molecular formula is C13H20FN3O. The van der Waals surface area contributed by atoms with Gasteiger partial charge in [0.05, 0.1) is 5.56 Å². The van der Waals surface area contributed by atoms with Gasteiger partial charge in [-0.1, -0.05) is 13.8 Å². The van der Waals surface area contributed by atoms with Crippen molar-refractivity contribution in [1.82, 2.24) is 9.88 Å². The molecule has 0 spiro atoms. The highest BCUT2D eigenvalue weighted by molar-refractivity contribution is 5.95. The van der Waals surface area contributed by atoms with Gasteiger partial charge in [-0.3, -0.25) is 4.79 Å². The molecular weight excluding hydrogens is 233 g/mol. The highest BCUT2D eigenvalue weighted by atomic mass is 19.1. The monoisotopic (exact) mass is 253 g/mol. The van der Waals surface area contributed by atoms with Crippen LogP contribution in [0.1, 0.15) is 31.1 Å². The molecule has 18 heavy (non-hydrogen) atoms. The molecule has 1 rings (SSSR count). The van der Waals surface area contributed by atoms with Crippen LogP contribution in [0.5, 0.6) is 0 Å². The maximum atomic E-state index is 14.0. The van der Waals surface area contributed by atoms with Crippen LogP contribution in [-0.4, -0.2) is 35.9 Å². The molecule has 0 aliphatic carbocycles. The van der Waals surface area contributed by atoms with Gasteiger partial charge in [-0.2, -0.15) is 0 Å². The first kappa shape index (κ1) is 14.4. The lowest BCUT2D eigenvalue weighted by molar-refractivity contribution is 0.0702. The lowest BCUT2D eigenvalue weighted by Crippen LogP contribution is -2.38. The molecule has 0 aromatic carbocycles. The summed E-state index contributed by atoms with van der Waals surface area (Å²) in [7, 11) is 3.26. The summed E-state index contributed by atoms with van der Waals surface area (Å²) >= 11 is 0. The first-order valence-electron chi connectivity index (χ1n) is 5.99. The summed E-state index contributed by atoms with van der Waals surface area (Å²) in [5, 5.41) is 2.62. The lowest BCUT2D eigenvalue weighted by Gasteiger charge is -2.28. The van der Waals surface area contributed by atoms with E-state index < -0.39 is 5.82 Å². The number of hydrogen-bond acceptors (Lipinski definition) is 3. The number of pyridine rings is 1. The van der Waals surface area contributed by atoms with Crippen LogP contribution >= 0.6 is 0 Å². The number of nitrogens with zero attached hydrogens (tertiary/aromatic N) is 2. The molecule has 1 heterocycles. The third-order valence-corrected chi connectivity index (χ3v) is 3.25. The third kappa shape index (κ3) is 2.78. The second-order valence-electron chi connectivity index (χ2n) is 4.67. The summed E-state index contributed by atoms with van der Waals surface area (Å²) in [4.78, 5) is 17.6. The summed E-state index contributed by atoms with van der Waals surface area (Å²) in [6, 6.07) is 1.45. The molecule has 1 amide bonds. The lowest BCUT2D eigenvalue weighted by atomic mass is 10.0. The second-order valence-corrected chi connectivity index (χ2v) is 4.67. The molecule has 5 heteroatoms. The zero-order valence-corrected chi connectivity index (χ0v) is 11.5. The fourth-order valence-corrected chi connectivity index (χ4v) is 1.61. The van der Waals surface area contributed by atoms with Crippen LogP contribution in [0.3, 0.4) is 0 Å². The van der Waals surface area contributed by atoms with E-state index in [4.69, 9.17) is 0 Å². The zero-order valence-electron chi connectivity index (χ0n) is 11.5. The van der Waals surface area contributed by atoms with Crippen molar-refractivity contribution in [1.29, 1.82) is 0 Å². The smallest absolute Gasteiger partial charge is 0.257 e. The Labute approximate surface area is 107 Å². The summed E-state index contributed by atoms with van der Waals surface area (Å²) in [5.74, 6) is -0.528. The molecule has 0 radical (unpaired) electrons. The molecule has 1 N–H and O–H groups in total. The van der Waals surface area contributed by atoms with Crippen LogP contribution in [0, 0.1) is 11.7 Å². The Morgan fingerprint density at radius 3 is 2.56 bits per heavy atom. The van der Waals surface area contributed by atoms with Gasteiger partial charge in [-0.15, -0.1) is 0 Å². The normalized spacial score (nSPS) is 12.4. The number of carbonyl (C=O) groups is 1. The first-order chi connectivity index (χ1) is 8.40. The Morgan fingerprint density at radius 1 is 1.44 bits per heavy atom. The Bertz CT molecular complexity index is 434. The number of nitrogens with one attached hydrogen (secondary N) is 1. The van der Waals surface area contributed by atoms with Gasteiger partial charge in [-0.25, -0.2) is 9.37 Å². The predicted octanol–water partition coefficient (Wildman–Crippen LogP) is 2.38. The Kier molecular flexibility index (Phi) is 4.64. The van der Waals surface area contributed by atoms with Crippen LogP contribution in [0.4, 0.5) is 10.2 Å². The summed E-state index contributed by atoms with van der Waals surface area (Å²) < 4.78 is 14.0. The van der Waals surface area contributed by atoms with Crippen molar-refractivity contribution in [3.8, 4) is 0 Å². The van der Waals surface area contributed by atoms with Crippen molar-refractivity contribution in [2.75, 3.05) is 19.4 Å². The van der Waals surface area contributed by atoms with Crippen molar-refractivity contribution in [2.24, 2.45) is 5.92 Å². The average Bonchev–Trinajstić information content (AvgIpc) is 2.36. The summed E-state index contributed by atoms with van der Waals surface area (Å²) in [6.07, 6.45) is 1.43. The quantitative estimate of drug-likeness (QED) is 0.896. The number of halogens is 1. The molecule has 1 aromatic rings. The standard InChI is InChI=1S/C13H20FN3O/c1-8(2)9(3)17(5)13(18)10-6-7-16-12(15-4)11(10)14/h6-9H,1-5H3,(H,15,16). The number of carbonyl (C=O) groups excluding carboxylic acids is 1. The van der Waals surface area contributed by atoms with Crippen molar-refractivity contribution < 1.29 is 9.18 Å². The Hall–Kier alpha value is -1.65. The molecule has 0 saturated heterocycles. The fraction of sp³-hybridized carbons (Fsp3) is 0.538. The minimum Gasteiger partial charge on any atom is -0.371 e. The SMILES string of the molecule is CNc1nccc(C(=O)N(C)C(C)C(C)C)c1F. The fourth-order valence-electron chi connectivity index (χ4n) is 1.61. The second kappa shape index (κ2) is 5.80. The minimum absolute atomic E-state index is 0.0445. The topological polar surface area (TPSA) is 45.2 Å². The number of amides is 1. The molecule has 0 bridgehead atoms. The van der Waals surface area contributed by atoms with Crippen molar-refractivity contribution >= 4 is 11.7 Å². The molecule has 0 fully saturated rings. The van der Waals surface area contributed by atoms with Gasteiger partial charge in [-0.05, 0) is 18.9 Å². The molecule has 1 atom stereocenters. The maximum absolute atomic E-state index is 14.0. The molecule has 0 saturated carbocycles. The average molecular weight is 253 g/mol. The molecule has 1 aromatic heterocycles. The van der Waals surface area contributed by atoms with E-state index in [1.54, 1.807) is 19.0 Å². The van der Waals surface area contributed by atoms with E-state index in [9.17, 15) is 9.18 Å². The van der Waals surface area contributed by atoms with E-state index in [1.165, 1.54) is 12.3 Å². The Morgan fingerprint density at radius 2 is 2.06 bits per heavy atom. The van der Waals surface area contributed by atoms with Gasteiger partial charge >= 0.3 is 0 Å². The molecule has 100 valence electrons. The van der Waals surface area contributed by atoms with Crippen LogP contribution in [-0.2, 0) is 0 Å². The van der Waals surface area contributed by atoms with E-state index in [1.807, 2.05) is 20.8 Å². The van der Waals surface area contributed by atoms with Gasteiger partial charge in [0, 0.05) is 26.3 Å². The van der Waals surface area contributed by atoms with Gasteiger partial charge in [0.15, 0.2) is 11.6 Å². The first-order valence-corrected chi connectivity index (χ1v) is 5.99. The summed E-state index contributed by atoms with van der Waals surface area (Å²) in [6.45, 7) is 5.99. The zero-order chi connectivity index (χ0) is 13.9. The predicted molar refractivity (Wildman–Crippen MR) is 70.1 cm³/mol. The van der Waals surface area contributed by atoms with Crippen LogP contribution in [0.15, 0.2) is 12.3 Å². The Balaban J connectivity index is 3.04. The molecule has 0 aliphatic heterocycles. The molecule has 4 nitrogen and oxygen atoms in total. The summed E-state index contributed by atoms with van der Waals surface area (Å²) in [5.41, 5.74) is 0.0457. The highest BCUT2D eigenvalue weighted by Gasteiger charge is 2.23. The van der Waals surface area contributed by atoms with E-state index in [0.29, 0.717) is 5.92 Å². The van der Waals surface area contributed by atoms with E-state index in [2.05, 4.69) is 10.3 Å². The van der Waals surface area contributed by atoms with Gasteiger partial charge in [0.25, 0.3) is 5.91 Å². The molecule has 1 unspecified atom stereocenters. The van der Waals surface area contributed by atoms with Crippen LogP contribution in [0.25, 0.3) is 0 Å². The van der Waals surface area contributed by atoms with Crippen molar-refractivity contribution in [3.05, 3.63) is 23.6 Å². The number of anilines is 1. The van der Waals surface area contributed by atoms with Gasteiger partial charge in [0.1, 0.15) is 0 Å². The van der Waals surface area contributed by atoms with Crippen LogP contribution in [0.2, 0.25) is 0 Å². The van der Waals surface area contributed by atoms with Crippen molar-refractivity contribution in [2.45, 2.75) is 26.8 Å². The van der Waals surface area contributed by atoms with E-state index >= 15 is 0 Å². The molecule has 0 aliphatic rings. The largest absolute Gasteiger partial charge is 0.371 e. The third-order valence-electron chi connectivity index (χ3n) is 3.25. The number of rotatable bonds is 4. The van der Waals surface area contributed by atoms with Crippen LogP contribution < -0.4 is 5.32 Å². The van der Waals surface area contributed by atoms with Gasteiger partial charge < -0.3 is 10.2 Å². The highest BCUT2D eigenvalue weighted by Crippen LogP contribution is 2.18.